The highest BCUT2D eigenvalue weighted by atomic mass is 16.3. The lowest BCUT2D eigenvalue weighted by Gasteiger charge is -2.29. The molecule has 110 valence electrons. The molecular weight excluding hydrogens is 254 g/mol. The van der Waals surface area contributed by atoms with Gasteiger partial charge in [0, 0.05) is 37.9 Å². The number of nitrogens with zero attached hydrogens (tertiary/aromatic N) is 2. The Morgan fingerprint density at radius 3 is 2.90 bits per heavy atom. The minimum Gasteiger partial charge on any atom is -0.511 e. The monoisotopic (exact) mass is 277 g/mol. The second kappa shape index (κ2) is 7.38. The van der Waals surface area contributed by atoms with Gasteiger partial charge in [0.05, 0.1) is 12.6 Å². The van der Waals surface area contributed by atoms with Gasteiger partial charge in [0.1, 0.15) is 5.76 Å². The molecule has 0 aliphatic carbocycles. The Kier molecular flexibility index (Phi) is 5.52. The van der Waals surface area contributed by atoms with Gasteiger partial charge in [0.2, 0.25) is 0 Å². The number of aliphatic hydroxyl groups excluding tert-OH is 2. The van der Waals surface area contributed by atoms with Gasteiger partial charge >= 0.3 is 0 Å². The Balaban J connectivity index is 1.92. The number of allylic oxidation sites excluding steroid dienone is 1. The molecule has 2 heterocycles. The topological polar surface area (TPSA) is 82.6 Å². The zero-order valence-corrected chi connectivity index (χ0v) is 11.7. The number of hydrogen-bond donors (Lipinski definition) is 3. The van der Waals surface area contributed by atoms with Gasteiger partial charge in [-0.2, -0.15) is 0 Å². The molecule has 1 saturated heterocycles. The van der Waals surface area contributed by atoms with Crippen LogP contribution in [0.4, 0.5) is 0 Å². The molecule has 1 aromatic heterocycles. The van der Waals surface area contributed by atoms with Gasteiger partial charge < -0.3 is 15.9 Å². The summed E-state index contributed by atoms with van der Waals surface area (Å²) in [6.07, 6.45) is 5.66. The number of rotatable bonds is 5. The number of piperidine rings is 1. The lowest BCUT2D eigenvalue weighted by atomic mass is 10.1. The molecule has 5 heteroatoms. The van der Waals surface area contributed by atoms with E-state index in [0.717, 1.165) is 38.2 Å². The van der Waals surface area contributed by atoms with Crippen molar-refractivity contribution in [1.29, 1.82) is 0 Å². The van der Waals surface area contributed by atoms with Crippen molar-refractivity contribution in [3.8, 4) is 0 Å². The maximum absolute atomic E-state index is 9.51. The highest BCUT2D eigenvalue weighted by Crippen LogP contribution is 2.14. The van der Waals surface area contributed by atoms with E-state index in [1.807, 2.05) is 6.07 Å². The van der Waals surface area contributed by atoms with Crippen LogP contribution in [0.5, 0.6) is 0 Å². The number of nitrogens with two attached hydrogens (primary N) is 1. The van der Waals surface area contributed by atoms with Crippen molar-refractivity contribution >= 4 is 0 Å². The second-order valence-electron chi connectivity index (χ2n) is 5.27. The average Bonchev–Trinajstić information content (AvgIpc) is 2.47. The summed E-state index contributed by atoms with van der Waals surface area (Å²) in [5.74, 6) is 0.197. The summed E-state index contributed by atoms with van der Waals surface area (Å²) in [5, 5.41) is 18.9. The van der Waals surface area contributed by atoms with Crippen LogP contribution in [-0.4, -0.2) is 45.8 Å². The Bertz CT molecular complexity index is 454. The summed E-state index contributed by atoms with van der Waals surface area (Å²) in [6, 6.07) is 4.08. The first kappa shape index (κ1) is 15.0. The Labute approximate surface area is 119 Å². The number of pyridine rings is 1. The Morgan fingerprint density at radius 2 is 2.20 bits per heavy atom. The third kappa shape index (κ3) is 4.59. The summed E-state index contributed by atoms with van der Waals surface area (Å²) in [7, 11) is 0. The largest absolute Gasteiger partial charge is 0.511 e. The summed E-state index contributed by atoms with van der Waals surface area (Å²) in [6.45, 7) is 2.92. The Hall–Kier alpha value is -1.43. The molecule has 0 amide bonds. The molecule has 0 saturated carbocycles. The lowest BCUT2D eigenvalue weighted by Crippen LogP contribution is -2.35. The van der Waals surface area contributed by atoms with Gasteiger partial charge in [-0.05, 0) is 36.6 Å². The molecule has 0 bridgehead atoms. The number of likely N-dealkylation sites (tertiary alicyclic amines) is 1. The van der Waals surface area contributed by atoms with Crippen LogP contribution in [0.1, 0.15) is 24.1 Å². The van der Waals surface area contributed by atoms with Crippen molar-refractivity contribution in [2.45, 2.75) is 31.9 Å². The fraction of sp³-hybridized carbons (Fsp3) is 0.533. The molecule has 0 unspecified atom stereocenters. The first-order valence-electron chi connectivity index (χ1n) is 7.09. The van der Waals surface area contributed by atoms with E-state index in [4.69, 9.17) is 5.73 Å². The van der Waals surface area contributed by atoms with E-state index in [0.29, 0.717) is 6.42 Å². The van der Waals surface area contributed by atoms with Crippen molar-refractivity contribution < 1.29 is 10.2 Å². The summed E-state index contributed by atoms with van der Waals surface area (Å²) in [4.78, 5) is 6.64. The molecular formula is C15H23N3O2. The van der Waals surface area contributed by atoms with Gasteiger partial charge in [-0.3, -0.25) is 9.88 Å². The van der Waals surface area contributed by atoms with Gasteiger partial charge in [-0.1, -0.05) is 0 Å². The van der Waals surface area contributed by atoms with Crippen LogP contribution < -0.4 is 5.73 Å². The van der Waals surface area contributed by atoms with Crippen LogP contribution in [-0.2, 0) is 13.0 Å². The third-order valence-corrected chi connectivity index (χ3v) is 3.60. The highest BCUT2D eigenvalue weighted by molar-refractivity contribution is 5.18. The van der Waals surface area contributed by atoms with Crippen LogP contribution in [0.2, 0.25) is 0 Å². The van der Waals surface area contributed by atoms with Crippen molar-refractivity contribution in [2.75, 3.05) is 19.6 Å². The maximum atomic E-state index is 9.51. The average molecular weight is 277 g/mol. The van der Waals surface area contributed by atoms with Gasteiger partial charge in [-0.25, -0.2) is 0 Å². The molecule has 0 atom stereocenters. The summed E-state index contributed by atoms with van der Waals surface area (Å²) in [5.41, 5.74) is 7.48. The van der Waals surface area contributed by atoms with E-state index >= 15 is 0 Å². The van der Waals surface area contributed by atoms with Gasteiger partial charge in [0.25, 0.3) is 0 Å². The molecule has 1 fully saturated rings. The number of aliphatic hydroxyl groups is 2. The van der Waals surface area contributed by atoms with Gasteiger partial charge in [-0.15, -0.1) is 0 Å². The van der Waals surface area contributed by atoms with Crippen LogP contribution >= 0.6 is 0 Å². The first-order chi connectivity index (χ1) is 9.67. The molecule has 5 nitrogen and oxygen atoms in total. The maximum Gasteiger partial charge on any atom is 0.102 e. The zero-order chi connectivity index (χ0) is 14.4. The zero-order valence-electron chi connectivity index (χ0n) is 11.7. The predicted octanol–water partition coefficient (Wildman–Crippen LogP) is 0.981. The molecule has 1 aliphatic heterocycles. The third-order valence-electron chi connectivity index (χ3n) is 3.60. The first-order valence-corrected chi connectivity index (χ1v) is 7.09. The van der Waals surface area contributed by atoms with E-state index in [2.05, 4.69) is 16.0 Å². The van der Waals surface area contributed by atoms with Crippen LogP contribution in [0.25, 0.3) is 0 Å². The van der Waals surface area contributed by atoms with E-state index in [-0.39, 0.29) is 18.4 Å². The minimum atomic E-state index is -0.136. The molecule has 0 radical (unpaired) electrons. The fourth-order valence-electron chi connectivity index (χ4n) is 2.38. The summed E-state index contributed by atoms with van der Waals surface area (Å²) < 4.78 is 0. The molecule has 20 heavy (non-hydrogen) atoms. The van der Waals surface area contributed by atoms with E-state index < -0.39 is 0 Å². The standard InChI is InChI=1S/C15H23N3O2/c16-10-15(20)2-1-13-9-12(3-6-17-13)11-18-7-4-14(19)5-8-18/h2-3,6,9,14,19-20H,1,4-5,7-8,10-11,16H2. The van der Waals surface area contributed by atoms with Crippen LogP contribution in [0, 0.1) is 0 Å². The molecule has 0 spiro atoms. The molecule has 2 rings (SSSR count). The SMILES string of the molecule is NCC(O)=CCc1cc(CN2CCC(O)CC2)ccn1. The van der Waals surface area contributed by atoms with E-state index in [1.165, 1.54) is 5.56 Å². The van der Waals surface area contributed by atoms with Crippen molar-refractivity contribution in [2.24, 2.45) is 5.73 Å². The minimum absolute atomic E-state index is 0.136. The van der Waals surface area contributed by atoms with Crippen molar-refractivity contribution in [1.82, 2.24) is 9.88 Å². The van der Waals surface area contributed by atoms with Gasteiger partial charge in [0.15, 0.2) is 0 Å². The molecule has 1 aliphatic rings. The fourth-order valence-corrected chi connectivity index (χ4v) is 2.38. The summed E-state index contributed by atoms with van der Waals surface area (Å²) >= 11 is 0. The van der Waals surface area contributed by atoms with Crippen molar-refractivity contribution in [3.05, 3.63) is 41.4 Å². The molecule has 4 N–H and O–H groups in total. The number of hydrogen-bond acceptors (Lipinski definition) is 5. The van der Waals surface area contributed by atoms with E-state index in [9.17, 15) is 10.2 Å². The van der Waals surface area contributed by atoms with E-state index in [1.54, 1.807) is 12.3 Å². The predicted molar refractivity (Wildman–Crippen MR) is 78.2 cm³/mol. The molecule has 0 aromatic carbocycles. The Morgan fingerprint density at radius 1 is 1.45 bits per heavy atom. The normalized spacial score (nSPS) is 18.4. The lowest BCUT2D eigenvalue weighted by molar-refractivity contribution is 0.0792. The second-order valence-corrected chi connectivity index (χ2v) is 5.27. The highest BCUT2D eigenvalue weighted by Gasteiger charge is 2.16. The quantitative estimate of drug-likeness (QED) is 0.699. The smallest absolute Gasteiger partial charge is 0.102 e. The molecule has 1 aromatic rings. The van der Waals surface area contributed by atoms with Crippen molar-refractivity contribution in [3.63, 3.8) is 0 Å². The van der Waals surface area contributed by atoms with Crippen LogP contribution in [0.15, 0.2) is 30.2 Å². The van der Waals surface area contributed by atoms with Crippen LogP contribution in [0.3, 0.4) is 0 Å². The number of aromatic nitrogens is 1.